The van der Waals surface area contributed by atoms with Crippen molar-refractivity contribution < 1.29 is 29.1 Å². The summed E-state index contributed by atoms with van der Waals surface area (Å²) in [6.07, 6.45) is 2.27. The van der Waals surface area contributed by atoms with E-state index < -0.39 is 28.4 Å². The molecule has 2 heterocycles. The van der Waals surface area contributed by atoms with Gasteiger partial charge in [-0.05, 0) is 47.9 Å². The summed E-state index contributed by atoms with van der Waals surface area (Å²) in [6, 6.07) is 16.9. The van der Waals surface area contributed by atoms with Gasteiger partial charge < -0.3 is 24.5 Å². The second-order valence-corrected chi connectivity index (χ2v) is 9.05. The summed E-state index contributed by atoms with van der Waals surface area (Å²) < 4.78 is 10.6. The van der Waals surface area contributed by atoms with Gasteiger partial charge in [-0.15, -0.1) is 0 Å². The lowest BCUT2D eigenvalue weighted by Crippen LogP contribution is -2.31. The Morgan fingerprint density at radius 3 is 2.44 bits per heavy atom. The molecule has 10 heteroatoms. The number of Topliss-reactive ketones (excluding diaryl/α,β-unsaturated/α-hetero) is 1. The molecule has 1 aliphatic rings. The number of carbonyl (C=O) groups excluding carboxylic acids is 2. The van der Waals surface area contributed by atoms with Crippen LogP contribution in [0.25, 0.3) is 16.7 Å². The van der Waals surface area contributed by atoms with Crippen molar-refractivity contribution in [1.29, 1.82) is 0 Å². The summed E-state index contributed by atoms with van der Waals surface area (Å²) in [7, 11) is 3.11. The Morgan fingerprint density at radius 2 is 1.74 bits per heavy atom. The van der Waals surface area contributed by atoms with Gasteiger partial charge in [0.1, 0.15) is 17.3 Å². The number of hydrogen-bond donors (Lipinski definition) is 2. The van der Waals surface area contributed by atoms with E-state index in [0.29, 0.717) is 23.5 Å². The Morgan fingerprint density at radius 1 is 1.03 bits per heavy atom. The van der Waals surface area contributed by atoms with Crippen LogP contribution in [0.4, 0.5) is 5.69 Å². The van der Waals surface area contributed by atoms with Gasteiger partial charge in [-0.25, -0.2) is 0 Å². The van der Waals surface area contributed by atoms with Crippen LogP contribution in [-0.4, -0.2) is 52.4 Å². The van der Waals surface area contributed by atoms with Gasteiger partial charge in [-0.3, -0.25) is 19.7 Å². The molecule has 39 heavy (non-hydrogen) atoms. The number of ether oxygens (including phenoxy) is 2. The minimum Gasteiger partial charge on any atom is -0.507 e. The number of aromatic nitrogens is 1. The SMILES string of the molecule is COc1ccc(C2/C(=C(/O)c3cccc([N+](=O)[O-])c3)C(=O)C(=O)N2CCc2c[nH]c3ccc(OC)cc23)cc1. The molecule has 1 amide bonds. The quantitative estimate of drug-likeness (QED) is 0.111. The molecular formula is C29H25N3O7. The molecule has 4 aromatic rings. The molecule has 5 rings (SSSR count). The van der Waals surface area contributed by atoms with E-state index in [0.717, 1.165) is 16.5 Å². The number of ketones is 1. The zero-order valence-corrected chi connectivity index (χ0v) is 21.2. The van der Waals surface area contributed by atoms with E-state index in [-0.39, 0.29) is 23.4 Å². The Balaban J connectivity index is 1.57. The minimum absolute atomic E-state index is 0.0736. The van der Waals surface area contributed by atoms with Crippen molar-refractivity contribution in [1.82, 2.24) is 9.88 Å². The molecule has 0 aliphatic carbocycles. The van der Waals surface area contributed by atoms with Gasteiger partial charge in [0.05, 0.1) is 30.8 Å². The van der Waals surface area contributed by atoms with E-state index in [1.54, 1.807) is 31.4 Å². The molecule has 3 aromatic carbocycles. The van der Waals surface area contributed by atoms with Crippen LogP contribution in [0.5, 0.6) is 11.5 Å². The third-order valence-corrected chi connectivity index (χ3v) is 6.90. The number of nitrogens with one attached hydrogen (secondary N) is 1. The van der Waals surface area contributed by atoms with Crippen molar-refractivity contribution in [2.45, 2.75) is 12.5 Å². The zero-order valence-electron chi connectivity index (χ0n) is 21.2. The average Bonchev–Trinajstić information content (AvgIpc) is 3.48. The normalized spacial score (nSPS) is 16.6. The molecule has 1 saturated heterocycles. The minimum atomic E-state index is -0.907. The number of amides is 1. The largest absolute Gasteiger partial charge is 0.507 e. The Bertz CT molecular complexity index is 1620. The number of aromatic amines is 1. The predicted molar refractivity (Wildman–Crippen MR) is 144 cm³/mol. The highest BCUT2D eigenvalue weighted by molar-refractivity contribution is 6.46. The number of nitrogens with zero attached hydrogens (tertiary/aromatic N) is 2. The monoisotopic (exact) mass is 527 g/mol. The van der Waals surface area contributed by atoms with E-state index in [2.05, 4.69) is 4.98 Å². The smallest absolute Gasteiger partial charge is 0.295 e. The third kappa shape index (κ3) is 4.68. The average molecular weight is 528 g/mol. The van der Waals surface area contributed by atoms with Crippen LogP contribution in [0.15, 0.2) is 78.5 Å². The van der Waals surface area contributed by atoms with Gasteiger partial charge in [-0.1, -0.05) is 24.3 Å². The van der Waals surface area contributed by atoms with Gasteiger partial charge in [0, 0.05) is 41.3 Å². The van der Waals surface area contributed by atoms with Gasteiger partial charge >= 0.3 is 0 Å². The van der Waals surface area contributed by atoms with Gasteiger partial charge in [0.15, 0.2) is 0 Å². The number of rotatable bonds is 8. The van der Waals surface area contributed by atoms with Crippen molar-refractivity contribution in [3.05, 3.63) is 105 Å². The number of benzene rings is 3. The molecule has 1 fully saturated rings. The molecule has 0 bridgehead atoms. The molecule has 198 valence electrons. The van der Waals surface area contributed by atoms with Crippen LogP contribution < -0.4 is 9.47 Å². The maximum Gasteiger partial charge on any atom is 0.295 e. The van der Waals surface area contributed by atoms with E-state index >= 15 is 0 Å². The molecule has 1 atom stereocenters. The van der Waals surface area contributed by atoms with Crippen LogP contribution in [-0.2, 0) is 16.0 Å². The Kier molecular flexibility index (Phi) is 6.76. The molecule has 0 saturated carbocycles. The van der Waals surface area contributed by atoms with Crippen molar-refractivity contribution in [2.75, 3.05) is 20.8 Å². The lowest BCUT2D eigenvalue weighted by atomic mass is 9.95. The molecular weight excluding hydrogens is 502 g/mol. The number of methoxy groups -OCH3 is 2. The van der Waals surface area contributed by atoms with E-state index in [9.17, 15) is 24.8 Å². The number of aliphatic hydroxyl groups excluding tert-OH is 1. The Hall–Kier alpha value is -5.12. The lowest BCUT2D eigenvalue weighted by Gasteiger charge is -2.25. The topological polar surface area (TPSA) is 135 Å². The van der Waals surface area contributed by atoms with Gasteiger partial charge in [0.2, 0.25) is 0 Å². The number of hydrogen-bond acceptors (Lipinski definition) is 7. The number of non-ortho nitro benzene ring substituents is 1. The standard InChI is InChI=1S/C29H25N3O7/c1-38-21-8-6-17(7-9-21)26-25(27(33)18-4-3-5-20(14-18)32(36)37)28(34)29(35)31(26)13-12-19-16-30-24-11-10-22(39-2)15-23(19)24/h3-11,14-16,26,30,33H,12-13H2,1-2H3/b27-25-. The maximum absolute atomic E-state index is 13.3. The fourth-order valence-corrected chi connectivity index (χ4v) is 4.90. The molecule has 0 radical (unpaired) electrons. The van der Waals surface area contributed by atoms with Crippen molar-refractivity contribution in [2.24, 2.45) is 0 Å². The number of nitro groups is 1. The second-order valence-electron chi connectivity index (χ2n) is 9.05. The summed E-state index contributed by atoms with van der Waals surface area (Å²) in [4.78, 5) is 42.0. The number of nitro benzene ring substituents is 1. The first-order valence-corrected chi connectivity index (χ1v) is 12.1. The summed E-state index contributed by atoms with van der Waals surface area (Å²) in [5.41, 5.74) is 2.12. The summed E-state index contributed by atoms with van der Waals surface area (Å²) >= 11 is 0. The number of H-pyrrole nitrogens is 1. The van der Waals surface area contributed by atoms with Gasteiger partial charge in [-0.2, -0.15) is 0 Å². The second kappa shape index (κ2) is 10.3. The fourth-order valence-electron chi connectivity index (χ4n) is 4.90. The van der Waals surface area contributed by atoms with Crippen LogP contribution >= 0.6 is 0 Å². The van der Waals surface area contributed by atoms with Crippen LogP contribution in [0, 0.1) is 10.1 Å². The summed E-state index contributed by atoms with van der Waals surface area (Å²) in [6.45, 7) is 0.178. The van der Waals surface area contributed by atoms with E-state index in [1.807, 2.05) is 24.4 Å². The molecule has 1 unspecified atom stereocenters. The number of fused-ring (bicyclic) bond motifs is 1. The fraction of sp³-hybridized carbons (Fsp3) is 0.172. The highest BCUT2D eigenvalue weighted by Gasteiger charge is 2.46. The molecule has 1 aliphatic heterocycles. The van der Waals surface area contributed by atoms with E-state index in [1.165, 1.54) is 36.3 Å². The lowest BCUT2D eigenvalue weighted by molar-refractivity contribution is -0.384. The van der Waals surface area contributed by atoms with Crippen LogP contribution in [0.1, 0.15) is 22.7 Å². The molecule has 0 spiro atoms. The van der Waals surface area contributed by atoms with Crippen molar-refractivity contribution in [3.8, 4) is 11.5 Å². The highest BCUT2D eigenvalue weighted by atomic mass is 16.6. The highest BCUT2D eigenvalue weighted by Crippen LogP contribution is 2.40. The first kappa shape index (κ1) is 25.5. The third-order valence-electron chi connectivity index (χ3n) is 6.90. The predicted octanol–water partition coefficient (Wildman–Crippen LogP) is 4.76. The Labute approximate surface area is 223 Å². The number of carbonyl (C=O) groups is 2. The number of aliphatic hydroxyl groups is 1. The zero-order chi connectivity index (χ0) is 27.7. The summed E-state index contributed by atoms with van der Waals surface area (Å²) in [5, 5.41) is 23.5. The molecule has 10 nitrogen and oxygen atoms in total. The molecule has 1 aromatic heterocycles. The summed E-state index contributed by atoms with van der Waals surface area (Å²) in [5.74, 6) is -0.820. The first-order chi connectivity index (χ1) is 18.8. The molecule has 2 N–H and O–H groups in total. The van der Waals surface area contributed by atoms with Crippen LogP contribution in [0.3, 0.4) is 0 Å². The van der Waals surface area contributed by atoms with E-state index in [4.69, 9.17) is 9.47 Å². The van der Waals surface area contributed by atoms with Gasteiger partial charge in [0.25, 0.3) is 17.4 Å². The first-order valence-electron chi connectivity index (χ1n) is 12.1. The van der Waals surface area contributed by atoms with Crippen molar-refractivity contribution in [3.63, 3.8) is 0 Å². The maximum atomic E-state index is 13.3. The number of likely N-dealkylation sites (tertiary alicyclic amines) is 1. The van der Waals surface area contributed by atoms with Crippen molar-refractivity contribution >= 4 is 34.0 Å². The van der Waals surface area contributed by atoms with Crippen LogP contribution in [0.2, 0.25) is 0 Å².